The van der Waals surface area contributed by atoms with Gasteiger partial charge >= 0.3 is 0 Å². The van der Waals surface area contributed by atoms with Crippen LogP contribution in [0.25, 0.3) is 0 Å². The second-order valence-corrected chi connectivity index (χ2v) is 5.86. The largest absolute Gasteiger partial charge is 0.497 e. The molecule has 1 aliphatic heterocycles. The van der Waals surface area contributed by atoms with Crippen molar-refractivity contribution in [2.75, 3.05) is 45.2 Å². The highest BCUT2D eigenvalue weighted by molar-refractivity contribution is 5.94. The molecule has 0 spiro atoms. The zero-order valence-corrected chi connectivity index (χ0v) is 14.1. The lowest BCUT2D eigenvalue weighted by Crippen LogP contribution is -2.50. The van der Waals surface area contributed by atoms with Crippen LogP contribution in [0.1, 0.15) is 10.4 Å². The summed E-state index contributed by atoms with van der Waals surface area (Å²) in [5.74, 6) is 0.585. The molecule has 25 heavy (non-hydrogen) atoms. The first-order valence-corrected chi connectivity index (χ1v) is 8.13. The number of nitrogens with zero attached hydrogens (tertiary/aromatic N) is 2. The van der Waals surface area contributed by atoms with E-state index in [9.17, 15) is 9.59 Å². The van der Waals surface area contributed by atoms with Crippen LogP contribution in [0.2, 0.25) is 0 Å². The Kier molecular flexibility index (Phi) is 5.35. The van der Waals surface area contributed by atoms with E-state index >= 15 is 0 Å². The van der Waals surface area contributed by atoms with Crippen molar-refractivity contribution in [1.82, 2.24) is 9.80 Å². The molecular weight excluding hydrogens is 322 g/mol. The van der Waals surface area contributed by atoms with Gasteiger partial charge in [0, 0.05) is 37.9 Å². The third kappa shape index (κ3) is 4.39. The van der Waals surface area contributed by atoms with Crippen LogP contribution in [0.5, 0.6) is 5.75 Å². The van der Waals surface area contributed by atoms with Crippen LogP contribution < -0.4 is 10.1 Å². The van der Waals surface area contributed by atoms with Crippen LogP contribution in [0, 0.1) is 0 Å². The first-order chi connectivity index (χ1) is 12.2. The van der Waals surface area contributed by atoms with Gasteiger partial charge in [-0.1, -0.05) is 6.07 Å². The molecule has 1 fully saturated rings. The van der Waals surface area contributed by atoms with Gasteiger partial charge in [0.1, 0.15) is 12.0 Å². The molecule has 7 nitrogen and oxygen atoms in total. The van der Waals surface area contributed by atoms with Gasteiger partial charge in [0.25, 0.3) is 5.91 Å². The van der Waals surface area contributed by atoms with Gasteiger partial charge in [-0.05, 0) is 18.2 Å². The summed E-state index contributed by atoms with van der Waals surface area (Å²) in [4.78, 5) is 28.3. The average molecular weight is 343 g/mol. The maximum atomic E-state index is 12.2. The summed E-state index contributed by atoms with van der Waals surface area (Å²) in [5.41, 5.74) is 1.27. The molecule has 2 heterocycles. The molecule has 0 unspecified atom stereocenters. The van der Waals surface area contributed by atoms with Crippen molar-refractivity contribution in [1.29, 1.82) is 0 Å². The summed E-state index contributed by atoms with van der Waals surface area (Å²) in [5, 5.41) is 2.87. The quantitative estimate of drug-likeness (QED) is 0.894. The number of hydrogen-bond acceptors (Lipinski definition) is 5. The van der Waals surface area contributed by atoms with Crippen LogP contribution in [0.3, 0.4) is 0 Å². The molecule has 2 aromatic rings. The number of benzene rings is 1. The van der Waals surface area contributed by atoms with Crippen molar-refractivity contribution < 1.29 is 18.7 Å². The van der Waals surface area contributed by atoms with E-state index in [1.165, 1.54) is 12.5 Å². The molecule has 3 rings (SSSR count). The predicted octanol–water partition coefficient (Wildman–Crippen LogP) is 1.68. The molecule has 0 radical (unpaired) electrons. The van der Waals surface area contributed by atoms with E-state index in [0.717, 1.165) is 0 Å². The lowest BCUT2D eigenvalue weighted by molar-refractivity contribution is -0.117. The van der Waals surface area contributed by atoms with Crippen molar-refractivity contribution in [3.8, 4) is 5.75 Å². The van der Waals surface area contributed by atoms with E-state index < -0.39 is 0 Å². The molecule has 1 aliphatic rings. The highest BCUT2D eigenvalue weighted by atomic mass is 16.5. The maximum absolute atomic E-state index is 12.2. The highest BCUT2D eigenvalue weighted by Gasteiger charge is 2.23. The monoisotopic (exact) mass is 343 g/mol. The van der Waals surface area contributed by atoms with Crippen LogP contribution in [-0.2, 0) is 4.79 Å². The molecule has 7 heteroatoms. The van der Waals surface area contributed by atoms with E-state index in [1.807, 2.05) is 23.1 Å². The second-order valence-electron chi connectivity index (χ2n) is 5.86. The Hall–Kier alpha value is -2.80. The molecule has 1 saturated heterocycles. The molecule has 1 aromatic heterocycles. The lowest BCUT2D eigenvalue weighted by Gasteiger charge is -2.34. The number of carbonyl (C=O) groups is 2. The minimum Gasteiger partial charge on any atom is -0.497 e. The van der Waals surface area contributed by atoms with Gasteiger partial charge in [-0.15, -0.1) is 0 Å². The Bertz CT molecular complexity index is 722. The normalized spacial score (nSPS) is 15.0. The Morgan fingerprint density at radius 1 is 1.20 bits per heavy atom. The van der Waals surface area contributed by atoms with Crippen LogP contribution in [0.4, 0.5) is 5.69 Å². The Morgan fingerprint density at radius 3 is 2.68 bits per heavy atom. The molecule has 1 N–H and O–H groups in total. The first kappa shape index (κ1) is 17.0. The van der Waals surface area contributed by atoms with Gasteiger partial charge in [0.05, 0.1) is 25.5 Å². The van der Waals surface area contributed by atoms with Crippen LogP contribution in [-0.4, -0.2) is 61.4 Å². The summed E-state index contributed by atoms with van der Waals surface area (Å²) < 4.78 is 10.1. The number of anilines is 1. The van der Waals surface area contributed by atoms with E-state index in [4.69, 9.17) is 9.15 Å². The summed E-state index contributed by atoms with van der Waals surface area (Å²) >= 11 is 0. The molecule has 132 valence electrons. The van der Waals surface area contributed by atoms with Gasteiger partial charge in [-0.3, -0.25) is 14.5 Å². The molecule has 1 aromatic carbocycles. The fourth-order valence-electron chi connectivity index (χ4n) is 2.78. The third-order valence-electron chi connectivity index (χ3n) is 4.15. The molecule has 0 saturated carbocycles. The first-order valence-electron chi connectivity index (χ1n) is 8.13. The molecule has 2 amide bonds. The van der Waals surface area contributed by atoms with Crippen LogP contribution in [0.15, 0.2) is 47.3 Å². The maximum Gasteiger partial charge on any atom is 0.257 e. The standard InChI is InChI=1S/C18H21N3O4/c1-24-16-4-2-3-15(11-16)19-17(22)12-20-6-8-21(9-7-20)18(23)14-5-10-25-13-14/h2-5,10-11,13H,6-9,12H2,1H3,(H,19,22). The third-order valence-corrected chi connectivity index (χ3v) is 4.15. The Morgan fingerprint density at radius 2 is 2.00 bits per heavy atom. The zero-order chi connectivity index (χ0) is 17.6. The van der Waals surface area contributed by atoms with Crippen molar-refractivity contribution >= 4 is 17.5 Å². The number of amides is 2. The SMILES string of the molecule is COc1cccc(NC(=O)CN2CCN(C(=O)c3ccoc3)CC2)c1. The van der Waals surface area contributed by atoms with Gasteiger partial charge in [-0.25, -0.2) is 0 Å². The molecule has 0 bridgehead atoms. The summed E-state index contributed by atoms with van der Waals surface area (Å²) in [7, 11) is 1.59. The Labute approximate surface area is 146 Å². The fourth-order valence-corrected chi connectivity index (χ4v) is 2.78. The van der Waals surface area contributed by atoms with Crippen molar-refractivity contribution in [3.63, 3.8) is 0 Å². The zero-order valence-electron chi connectivity index (χ0n) is 14.1. The topological polar surface area (TPSA) is 75.0 Å². The molecular formula is C18H21N3O4. The number of hydrogen-bond donors (Lipinski definition) is 1. The van der Waals surface area contributed by atoms with E-state index in [-0.39, 0.29) is 11.8 Å². The molecule has 0 atom stereocenters. The average Bonchev–Trinajstić information content (AvgIpc) is 3.16. The Balaban J connectivity index is 1.47. The highest BCUT2D eigenvalue weighted by Crippen LogP contribution is 2.16. The number of carbonyl (C=O) groups excluding carboxylic acids is 2. The minimum absolute atomic E-state index is 0.0331. The predicted molar refractivity (Wildman–Crippen MR) is 92.7 cm³/mol. The number of rotatable bonds is 5. The number of furan rings is 1. The van der Waals surface area contributed by atoms with E-state index in [0.29, 0.717) is 49.7 Å². The van der Waals surface area contributed by atoms with Crippen molar-refractivity contribution in [3.05, 3.63) is 48.4 Å². The number of nitrogens with one attached hydrogen (secondary N) is 1. The van der Waals surface area contributed by atoms with Gasteiger partial charge in [-0.2, -0.15) is 0 Å². The minimum atomic E-state index is -0.0807. The summed E-state index contributed by atoms with van der Waals surface area (Å²) in [6.07, 6.45) is 2.95. The van der Waals surface area contributed by atoms with E-state index in [2.05, 4.69) is 5.32 Å². The second kappa shape index (κ2) is 7.85. The van der Waals surface area contributed by atoms with Crippen molar-refractivity contribution in [2.24, 2.45) is 0 Å². The fraction of sp³-hybridized carbons (Fsp3) is 0.333. The van der Waals surface area contributed by atoms with Crippen molar-refractivity contribution in [2.45, 2.75) is 0 Å². The summed E-state index contributed by atoms with van der Waals surface area (Å²) in [6.45, 7) is 2.81. The lowest BCUT2D eigenvalue weighted by atomic mass is 10.2. The van der Waals surface area contributed by atoms with Gasteiger partial charge in [0.2, 0.25) is 5.91 Å². The number of piperazine rings is 1. The van der Waals surface area contributed by atoms with Crippen LogP contribution >= 0.6 is 0 Å². The van der Waals surface area contributed by atoms with Gasteiger partial charge in [0.15, 0.2) is 0 Å². The number of methoxy groups -OCH3 is 1. The van der Waals surface area contributed by atoms with E-state index in [1.54, 1.807) is 24.1 Å². The molecule has 0 aliphatic carbocycles. The summed E-state index contributed by atoms with van der Waals surface area (Å²) in [6, 6.07) is 8.91. The van der Waals surface area contributed by atoms with Gasteiger partial charge < -0.3 is 19.4 Å². The number of ether oxygens (including phenoxy) is 1. The smallest absolute Gasteiger partial charge is 0.257 e.